The van der Waals surface area contributed by atoms with Gasteiger partial charge in [0.05, 0.1) is 23.4 Å². The van der Waals surface area contributed by atoms with E-state index in [2.05, 4.69) is 10.6 Å². The van der Waals surface area contributed by atoms with Gasteiger partial charge in [0.1, 0.15) is 22.2 Å². The van der Waals surface area contributed by atoms with Crippen LogP contribution < -0.4 is 20.3 Å². The Kier molecular flexibility index (Phi) is 7.86. The van der Waals surface area contributed by atoms with Gasteiger partial charge in [-0.2, -0.15) is 0 Å². The third kappa shape index (κ3) is 5.70. The lowest BCUT2D eigenvalue weighted by Crippen LogP contribution is -2.32. The molecule has 1 heterocycles. The molecule has 200 valence electrons. The van der Waals surface area contributed by atoms with Crippen LogP contribution in [0.4, 0.5) is 21.5 Å². The first-order valence-corrected chi connectivity index (χ1v) is 13.2. The van der Waals surface area contributed by atoms with E-state index in [1.165, 1.54) is 31.4 Å². The van der Waals surface area contributed by atoms with Gasteiger partial charge in [-0.3, -0.25) is 14.4 Å². The number of imide groups is 1. The maximum atomic E-state index is 13.6. The van der Waals surface area contributed by atoms with Gasteiger partial charge in [0, 0.05) is 16.3 Å². The van der Waals surface area contributed by atoms with E-state index in [-0.39, 0.29) is 16.5 Å². The third-order valence-corrected chi connectivity index (χ3v) is 7.32. The number of nitrogens with zero attached hydrogens (tertiary/aromatic N) is 1. The minimum Gasteiger partial charge on any atom is -0.497 e. The van der Waals surface area contributed by atoms with E-state index in [0.29, 0.717) is 38.3 Å². The zero-order chi connectivity index (χ0) is 28.2. The number of rotatable bonds is 8. The third-order valence-electron chi connectivity index (χ3n) is 5.92. The molecule has 1 aliphatic rings. The summed E-state index contributed by atoms with van der Waals surface area (Å²) in [4.78, 5) is 41.7. The van der Waals surface area contributed by atoms with E-state index < -0.39 is 17.6 Å². The Morgan fingerprint density at radius 3 is 2.30 bits per heavy atom. The van der Waals surface area contributed by atoms with Crippen molar-refractivity contribution in [3.8, 4) is 5.75 Å². The predicted octanol–water partition coefficient (Wildman–Crippen LogP) is 6.73. The summed E-state index contributed by atoms with van der Waals surface area (Å²) in [5.41, 5.74) is 1.65. The molecule has 0 saturated carbocycles. The molecule has 0 saturated heterocycles. The van der Waals surface area contributed by atoms with Gasteiger partial charge in [-0.05, 0) is 78.9 Å². The zero-order valence-corrected chi connectivity index (χ0v) is 22.6. The molecular weight excluding hydrogens is 553 g/mol. The molecule has 3 amide bonds. The number of halogens is 2. The SMILES string of the molecule is COc1ccc(N2C(=O)C(Nc3ccc(F)cc3)=C(Sc3cccc(NC(=O)c4ccccc4Cl)c3)C2=O)cc1. The van der Waals surface area contributed by atoms with Crippen LogP contribution in [-0.4, -0.2) is 24.8 Å². The minimum absolute atomic E-state index is 0.0444. The van der Waals surface area contributed by atoms with Crippen molar-refractivity contribution in [2.24, 2.45) is 0 Å². The lowest BCUT2D eigenvalue weighted by Gasteiger charge is -2.15. The summed E-state index contributed by atoms with van der Waals surface area (Å²) in [7, 11) is 1.52. The maximum absolute atomic E-state index is 13.6. The van der Waals surface area contributed by atoms with Crippen molar-refractivity contribution in [3.05, 3.63) is 124 Å². The number of carbonyl (C=O) groups excluding carboxylic acids is 3. The van der Waals surface area contributed by atoms with Gasteiger partial charge in [0.15, 0.2) is 0 Å². The first-order chi connectivity index (χ1) is 19.3. The van der Waals surface area contributed by atoms with Crippen molar-refractivity contribution < 1.29 is 23.5 Å². The van der Waals surface area contributed by atoms with Gasteiger partial charge in [-0.25, -0.2) is 9.29 Å². The molecule has 0 bridgehead atoms. The molecule has 0 aliphatic carbocycles. The van der Waals surface area contributed by atoms with Crippen molar-refractivity contribution in [3.63, 3.8) is 0 Å². The van der Waals surface area contributed by atoms with Crippen molar-refractivity contribution in [1.29, 1.82) is 0 Å². The van der Waals surface area contributed by atoms with Crippen LogP contribution in [0.15, 0.2) is 113 Å². The van der Waals surface area contributed by atoms with Crippen LogP contribution in [-0.2, 0) is 9.59 Å². The van der Waals surface area contributed by atoms with Crippen LogP contribution in [0.25, 0.3) is 0 Å². The highest BCUT2D eigenvalue weighted by Crippen LogP contribution is 2.39. The van der Waals surface area contributed by atoms with Gasteiger partial charge in [0.2, 0.25) is 0 Å². The fraction of sp³-hybridized carbons (Fsp3) is 0.0333. The van der Waals surface area contributed by atoms with Crippen LogP contribution in [0.3, 0.4) is 0 Å². The second kappa shape index (κ2) is 11.6. The molecule has 0 atom stereocenters. The summed E-state index contributed by atoms with van der Waals surface area (Å²) in [6.07, 6.45) is 0. The number of ether oxygens (including phenoxy) is 1. The number of amides is 3. The van der Waals surface area contributed by atoms with Crippen LogP contribution in [0.2, 0.25) is 5.02 Å². The molecule has 40 heavy (non-hydrogen) atoms. The fourth-order valence-corrected chi connectivity index (χ4v) is 5.17. The second-order valence-electron chi connectivity index (χ2n) is 8.54. The summed E-state index contributed by atoms with van der Waals surface area (Å²) in [5.74, 6) is -1.34. The van der Waals surface area contributed by atoms with Gasteiger partial charge in [-0.15, -0.1) is 0 Å². The zero-order valence-electron chi connectivity index (χ0n) is 21.0. The number of nitrogens with one attached hydrogen (secondary N) is 2. The quantitative estimate of drug-likeness (QED) is 0.227. The molecule has 0 spiro atoms. The Hall–Kier alpha value is -4.60. The molecule has 0 aromatic heterocycles. The normalized spacial score (nSPS) is 13.0. The van der Waals surface area contributed by atoms with Gasteiger partial charge >= 0.3 is 0 Å². The number of thioether (sulfide) groups is 1. The number of hydrogen-bond acceptors (Lipinski definition) is 6. The van der Waals surface area contributed by atoms with E-state index in [9.17, 15) is 18.8 Å². The molecule has 4 aromatic carbocycles. The molecule has 7 nitrogen and oxygen atoms in total. The summed E-state index contributed by atoms with van der Waals surface area (Å²) >= 11 is 7.22. The monoisotopic (exact) mass is 573 g/mol. The Bertz CT molecular complexity index is 1640. The van der Waals surface area contributed by atoms with Gasteiger partial charge in [0.25, 0.3) is 17.7 Å². The first-order valence-electron chi connectivity index (χ1n) is 12.0. The molecule has 10 heteroatoms. The minimum atomic E-state index is -0.565. The second-order valence-corrected chi connectivity index (χ2v) is 10.0. The first kappa shape index (κ1) is 27.0. The van der Waals surface area contributed by atoms with Crippen LogP contribution in [0, 0.1) is 5.82 Å². The molecule has 0 unspecified atom stereocenters. The van der Waals surface area contributed by atoms with E-state index >= 15 is 0 Å². The fourth-order valence-electron chi connectivity index (χ4n) is 3.96. The molecule has 0 radical (unpaired) electrons. The molecular formula is C30H21ClFN3O4S. The molecule has 0 fully saturated rings. The van der Waals surface area contributed by atoms with Crippen LogP contribution in [0.1, 0.15) is 10.4 Å². The Morgan fingerprint density at radius 2 is 1.60 bits per heavy atom. The maximum Gasteiger partial charge on any atom is 0.283 e. The largest absolute Gasteiger partial charge is 0.497 e. The summed E-state index contributed by atoms with van der Waals surface area (Å²) in [5, 5.41) is 6.11. The van der Waals surface area contributed by atoms with Crippen LogP contribution in [0.5, 0.6) is 5.75 Å². The summed E-state index contributed by atoms with van der Waals surface area (Å²) < 4.78 is 18.7. The van der Waals surface area contributed by atoms with Crippen molar-refractivity contribution >= 4 is 58.1 Å². The standard InChI is InChI=1S/C30H21ClFN3O4S/c1-39-22-15-13-21(14-16-22)35-29(37)26(33-19-11-9-18(32)10-12-19)27(30(35)38)40-23-6-4-5-20(17-23)34-28(36)24-7-2-3-8-25(24)31/h2-17,33H,1H3,(H,34,36). The highest BCUT2D eigenvalue weighted by atomic mass is 35.5. The molecule has 2 N–H and O–H groups in total. The van der Waals surface area contributed by atoms with E-state index in [4.69, 9.17) is 16.3 Å². The molecule has 5 rings (SSSR count). The van der Waals surface area contributed by atoms with E-state index in [1.54, 1.807) is 72.8 Å². The molecule has 1 aliphatic heterocycles. The van der Waals surface area contributed by atoms with Gasteiger partial charge < -0.3 is 15.4 Å². The average Bonchev–Trinajstić information content (AvgIpc) is 3.18. The topological polar surface area (TPSA) is 87.7 Å². The number of carbonyl (C=O) groups is 3. The number of anilines is 3. The van der Waals surface area contributed by atoms with Crippen molar-refractivity contribution in [2.45, 2.75) is 4.90 Å². The predicted molar refractivity (Wildman–Crippen MR) is 154 cm³/mol. The lowest BCUT2D eigenvalue weighted by atomic mass is 10.2. The highest BCUT2D eigenvalue weighted by Gasteiger charge is 2.40. The number of methoxy groups -OCH3 is 1. The smallest absolute Gasteiger partial charge is 0.283 e. The van der Waals surface area contributed by atoms with E-state index in [1.807, 2.05) is 0 Å². The van der Waals surface area contributed by atoms with Crippen LogP contribution >= 0.6 is 23.4 Å². The van der Waals surface area contributed by atoms with Crippen molar-refractivity contribution in [1.82, 2.24) is 0 Å². The Labute approximate surface area is 238 Å². The lowest BCUT2D eigenvalue weighted by molar-refractivity contribution is -0.120. The number of hydrogen-bond donors (Lipinski definition) is 2. The van der Waals surface area contributed by atoms with Gasteiger partial charge in [-0.1, -0.05) is 41.6 Å². The van der Waals surface area contributed by atoms with E-state index in [0.717, 1.165) is 16.7 Å². The Balaban J connectivity index is 1.45. The summed E-state index contributed by atoms with van der Waals surface area (Å²) in [6.45, 7) is 0. The Morgan fingerprint density at radius 1 is 0.875 bits per heavy atom. The average molecular weight is 574 g/mol. The highest BCUT2D eigenvalue weighted by molar-refractivity contribution is 8.04. The summed E-state index contributed by atoms with van der Waals surface area (Å²) in [6, 6.07) is 25.6. The number of benzene rings is 4. The van der Waals surface area contributed by atoms with Crippen molar-refractivity contribution in [2.75, 3.05) is 22.6 Å². The molecule has 4 aromatic rings.